The summed E-state index contributed by atoms with van der Waals surface area (Å²) in [6.45, 7) is 4.67. The van der Waals surface area contributed by atoms with Gasteiger partial charge in [0.1, 0.15) is 5.75 Å². The van der Waals surface area contributed by atoms with Gasteiger partial charge in [0.25, 0.3) is 0 Å². The first-order valence-corrected chi connectivity index (χ1v) is 5.90. The predicted octanol–water partition coefficient (Wildman–Crippen LogP) is 2.80. The molecule has 2 atom stereocenters. The Hall–Kier alpha value is -1.02. The summed E-state index contributed by atoms with van der Waals surface area (Å²) in [4.78, 5) is 0. The molecule has 1 fully saturated rings. The molecule has 0 aromatic heterocycles. The van der Waals surface area contributed by atoms with E-state index >= 15 is 0 Å². The first-order chi connectivity index (χ1) is 7.59. The molecule has 2 nitrogen and oxygen atoms in total. The van der Waals surface area contributed by atoms with E-state index in [1.807, 2.05) is 13.1 Å². The lowest BCUT2D eigenvalue weighted by molar-refractivity contribution is 0.0750. The molecule has 1 aliphatic carbocycles. The van der Waals surface area contributed by atoms with Crippen molar-refractivity contribution in [2.24, 2.45) is 5.41 Å². The molecule has 0 spiro atoms. The second-order valence-electron chi connectivity index (χ2n) is 5.23. The van der Waals surface area contributed by atoms with Crippen LogP contribution in [0.2, 0.25) is 0 Å². The highest BCUT2D eigenvalue weighted by Gasteiger charge is 2.47. The Morgan fingerprint density at radius 2 is 2.12 bits per heavy atom. The second-order valence-corrected chi connectivity index (χ2v) is 5.23. The van der Waals surface area contributed by atoms with E-state index in [1.54, 1.807) is 7.11 Å². The van der Waals surface area contributed by atoms with Gasteiger partial charge in [0.2, 0.25) is 0 Å². The molecule has 0 radical (unpaired) electrons. The maximum absolute atomic E-state index is 5.28. The van der Waals surface area contributed by atoms with Crippen molar-refractivity contribution >= 4 is 0 Å². The van der Waals surface area contributed by atoms with Gasteiger partial charge in [-0.05, 0) is 42.5 Å². The van der Waals surface area contributed by atoms with Gasteiger partial charge < -0.3 is 10.1 Å². The first kappa shape index (κ1) is 11.5. The quantitative estimate of drug-likeness (QED) is 0.844. The van der Waals surface area contributed by atoms with E-state index in [0.29, 0.717) is 17.4 Å². The molecule has 2 heteroatoms. The van der Waals surface area contributed by atoms with E-state index in [4.69, 9.17) is 4.74 Å². The third kappa shape index (κ3) is 1.71. The second kappa shape index (κ2) is 4.10. The summed E-state index contributed by atoms with van der Waals surface area (Å²) < 4.78 is 5.28. The topological polar surface area (TPSA) is 21.3 Å². The molecule has 1 aromatic rings. The normalized spacial score (nSPS) is 27.2. The number of rotatable bonds is 3. The third-order valence-electron chi connectivity index (χ3n) is 4.11. The van der Waals surface area contributed by atoms with E-state index in [1.165, 1.54) is 12.0 Å². The lowest BCUT2D eigenvalue weighted by Gasteiger charge is -2.52. The Labute approximate surface area is 98.0 Å². The summed E-state index contributed by atoms with van der Waals surface area (Å²) in [5.41, 5.74) is 1.73. The Bertz CT molecular complexity index is 373. The first-order valence-electron chi connectivity index (χ1n) is 5.90. The van der Waals surface area contributed by atoms with Crippen LogP contribution in [0.25, 0.3) is 0 Å². The van der Waals surface area contributed by atoms with Gasteiger partial charge in [-0.25, -0.2) is 0 Å². The number of methoxy groups -OCH3 is 1. The summed E-state index contributed by atoms with van der Waals surface area (Å²) in [5.74, 6) is 1.60. The summed E-state index contributed by atoms with van der Waals surface area (Å²) in [6, 6.07) is 9.09. The molecular formula is C14H21NO. The van der Waals surface area contributed by atoms with E-state index in [0.717, 1.165) is 5.75 Å². The van der Waals surface area contributed by atoms with Crippen molar-refractivity contribution in [3.8, 4) is 5.75 Å². The fourth-order valence-electron chi connectivity index (χ4n) is 2.84. The van der Waals surface area contributed by atoms with Gasteiger partial charge in [-0.3, -0.25) is 0 Å². The molecule has 1 aromatic carbocycles. The van der Waals surface area contributed by atoms with Crippen LogP contribution >= 0.6 is 0 Å². The van der Waals surface area contributed by atoms with Gasteiger partial charge in [-0.1, -0.05) is 26.0 Å². The summed E-state index contributed by atoms with van der Waals surface area (Å²) >= 11 is 0. The van der Waals surface area contributed by atoms with Crippen LogP contribution in [0, 0.1) is 5.41 Å². The Kier molecular flexibility index (Phi) is 2.94. The minimum Gasteiger partial charge on any atom is -0.497 e. The molecule has 1 aliphatic rings. The summed E-state index contributed by atoms with van der Waals surface area (Å²) in [6.07, 6.45) is 1.22. The van der Waals surface area contributed by atoms with Crippen LogP contribution < -0.4 is 10.1 Å². The van der Waals surface area contributed by atoms with Crippen molar-refractivity contribution in [1.29, 1.82) is 0 Å². The summed E-state index contributed by atoms with van der Waals surface area (Å²) in [5, 5.41) is 3.39. The molecule has 1 N–H and O–H groups in total. The fourth-order valence-corrected chi connectivity index (χ4v) is 2.84. The SMILES string of the molecule is CNC1CC(c2cccc(OC)c2)C1(C)C. The number of nitrogens with one attached hydrogen (secondary N) is 1. The number of hydrogen-bond donors (Lipinski definition) is 1. The van der Waals surface area contributed by atoms with Crippen LogP contribution in [0.5, 0.6) is 5.75 Å². The highest BCUT2D eigenvalue weighted by atomic mass is 16.5. The Balaban J connectivity index is 2.20. The average molecular weight is 219 g/mol. The van der Waals surface area contributed by atoms with Gasteiger partial charge in [-0.15, -0.1) is 0 Å². The zero-order valence-electron chi connectivity index (χ0n) is 10.6. The molecule has 0 amide bonds. The van der Waals surface area contributed by atoms with Crippen LogP contribution in [0.15, 0.2) is 24.3 Å². The molecule has 16 heavy (non-hydrogen) atoms. The molecule has 2 unspecified atom stereocenters. The maximum Gasteiger partial charge on any atom is 0.119 e. The van der Waals surface area contributed by atoms with Crippen LogP contribution in [0.1, 0.15) is 31.7 Å². The van der Waals surface area contributed by atoms with Crippen LogP contribution in [0.3, 0.4) is 0 Å². The molecule has 0 bridgehead atoms. The number of ether oxygens (including phenoxy) is 1. The van der Waals surface area contributed by atoms with Crippen molar-refractivity contribution in [3.63, 3.8) is 0 Å². The molecule has 0 saturated heterocycles. The number of hydrogen-bond acceptors (Lipinski definition) is 2. The van der Waals surface area contributed by atoms with Gasteiger partial charge in [0.15, 0.2) is 0 Å². The molecule has 2 rings (SSSR count). The Morgan fingerprint density at radius 3 is 2.69 bits per heavy atom. The van der Waals surface area contributed by atoms with Gasteiger partial charge >= 0.3 is 0 Å². The van der Waals surface area contributed by atoms with Crippen molar-refractivity contribution in [2.45, 2.75) is 32.2 Å². The van der Waals surface area contributed by atoms with Gasteiger partial charge in [0, 0.05) is 6.04 Å². The highest BCUT2D eigenvalue weighted by molar-refractivity contribution is 5.34. The summed E-state index contributed by atoms with van der Waals surface area (Å²) in [7, 11) is 3.77. The predicted molar refractivity (Wildman–Crippen MR) is 67.0 cm³/mol. The lowest BCUT2D eigenvalue weighted by Crippen LogP contribution is -2.54. The minimum atomic E-state index is 0.334. The standard InChI is InChI=1S/C14H21NO/c1-14(2)12(9-13(14)15-3)10-6-5-7-11(8-10)16-4/h5-8,12-13,15H,9H2,1-4H3. The monoisotopic (exact) mass is 219 g/mol. The van der Waals surface area contributed by atoms with E-state index in [-0.39, 0.29) is 0 Å². The molecule has 1 saturated carbocycles. The van der Waals surface area contributed by atoms with E-state index in [2.05, 4.69) is 37.4 Å². The van der Waals surface area contributed by atoms with Crippen molar-refractivity contribution in [3.05, 3.63) is 29.8 Å². The van der Waals surface area contributed by atoms with Crippen molar-refractivity contribution in [1.82, 2.24) is 5.32 Å². The molecule has 0 aliphatic heterocycles. The van der Waals surface area contributed by atoms with Gasteiger partial charge in [0.05, 0.1) is 7.11 Å². The minimum absolute atomic E-state index is 0.334. The third-order valence-corrected chi connectivity index (χ3v) is 4.11. The zero-order chi connectivity index (χ0) is 11.8. The van der Waals surface area contributed by atoms with E-state index in [9.17, 15) is 0 Å². The Morgan fingerprint density at radius 1 is 1.38 bits per heavy atom. The maximum atomic E-state index is 5.28. The van der Waals surface area contributed by atoms with Gasteiger partial charge in [-0.2, -0.15) is 0 Å². The zero-order valence-corrected chi connectivity index (χ0v) is 10.6. The number of benzene rings is 1. The lowest BCUT2D eigenvalue weighted by atomic mass is 9.56. The largest absolute Gasteiger partial charge is 0.497 e. The molecular weight excluding hydrogens is 198 g/mol. The van der Waals surface area contributed by atoms with E-state index < -0.39 is 0 Å². The highest BCUT2D eigenvalue weighted by Crippen LogP contribution is 2.52. The van der Waals surface area contributed by atoms with Crippen LogP contribution in [-0.2, 0) is 0 Å². The van der Waals surface area contributed by atoms with Crippen LogP contribution in [0.4, 0.5) is 0 Å². The van der Waals surface area contributed by atoms with Crippen molar-refractivity contribution in [2.75, 3.05) is 14.2 Å². The van der Waals surface area contributed by atoms with Crippen LogP contribution in [-0.4, -0.2) is 20.2 Å². The smallest absolute Gasteiger partial charge is 0.119 e. The van der Waals surface area contributed by atoms with Crippen molar-refractivity contribution < 1.29 is 4.74 Å². The molecule has 0 heterocycles. The average Bonchev–Trinajstić information content (AvgIpc) is 2.28. The molecule has 88 valence electrons. The fraction of sp³-hybridized carbons (Fsp3) is 0.571.